The number of anilines is 1. The first-order valence-electron chi connectivity index (χ1n) is 6.04. The summed E-state index contributed by atoms with van der Waals surface area (Å²) < 4.78 is 0. The van der Waals surface area contributed by atoms with Gasteiger partial charge in [-0.15, -0.1) is 11.8 Å². The van der Waals surface area contributed by atoms with Crippen LogP contribution in [0.2, 0.25) is 0 Å². The summed E-state index contributed by atoms with van der Waals surface area (Å²) in [6, 6.07) is 6.36. The Balaban J connectivity index is 2.40. The monoisotopic (exact) mass is 265 g/mol. The van der Waals surface area contributed by atoms with Gasteiger partial charge < -0.3 is 10.0 Å². The van der Waals surface area contributed by atoms with Crippen molar-refractivity contribution in [2.45, 2.75) is 36.3 Å². The first kappa shape index (κ1) is 13.3. The van der Waals surface area contributed by atoms with E-state index in [1.54, 1.807) is 0 Å². The Hall–Kier alpha value is -1.16. The number of benzene rings is 1. The molecule has 98 valence electrons. The van der Waals surface area contributed by atoms with E-state index in [0.717, 1.165) is 10.6 Å². The van der Waals surface area contributed by atoms with E-state index < -0.39 is 5.97 Å². The number of thioether (sulfide) groups is 1. The van der Waals surface area contributed by atoms with Crippen molar-refractivity contribution in [3.63, 3.8) is 0 Å². The van der Waals surface area contributed by atoms with E-state index in [4.69, 9.17) is 5.11 Å². The zero-order valence-corrected chi connectivity index (χ0v) is 12.0. The number of hydrogen-bond donors (Lipinski definition) is 1. The van der Waals surface area contributed by atoms with Crippen LogP contribution in [0.25, 0.3) is 0 Å². The van der Waals surface area contributed by atoms with Gasteiger partial charge in [-0.05, 0) is 23.1 Å². The van der Waals surface area contributed by atoms with Crippen LogP contribution >= 0.6 is 11.8 Å². The first-order valence-corrected chi connectivity index (χ1v) is 6.92. The molecular weight excluding hydrogens is 246 g/mol. The fourth-order valence-corrected chi connectivity index (χ4v) is 3.30. The minimum absolute atomic E-state index is 0.0876. The zero-order chi connectivity index (χ0) is 13.5. The molecule has 0 saturated carbocycles. The van der Waals surface area contributed by atoms with Gasteiger partial charge in [0.1, 0.15) is 5.25 Å². The van der Waals surface area contributed by atoms with Gasteiger partial charge in [-0.3, -0.25) is 4.79 Å². The molecule has 1 atom stereocenters. The van der Waals surface area contributed by atoms with Crippen LogP contribution in [-0.2, 0) is 10.2 Å². The molecule has 1 aromatic carbocycles. The number of hydrogen-bond acceptors (Lipinski definition) is 3. The van der Waals surface area contributed by atoms with Crippen molar-refractivity contribution in [3.8, 4) is 0 Å². The van der Waals surface area contributed by atoms with Crippen LogP contribution < -0.4 is 4.90 Å². The number of fused-ring (bicyclic) bond motifs is 1. The van der Waals surface area contributed by atoms with Crippen molar-refractivity contribution in [1.82, 2.24) is 0 Å². The molecule has 1 aliphatic heterocycles. The van der Waals surface area contributed by atoms with Gasteiger partial charge in [0.15, 0.2) is 0 Å². The van der Waals surface area contributed by atoms with E-state index in [9.17, 15) is 4.79 Å². The molecule has 1 aromatic rings. The predicted molar refractivity (Wildman–Crippen MR) is 75.7 cm³/mol. The second-order valence-corrected chi connectivity index (χ2v) is 7.00. The van der Waals surface area contributed by atoms with Gasteiger partial charge in [-0.25, -0.2) is 0 Å². The number of carboxylic acid groups (broad SMARTS) is 1. The van der Waals surface area contributed by atoms with Crippen molar-refractivity contribution >= 4 is 23.4 Å². The van der Waals surface area contributed by atoms with E-state index in [-0.39, 0.29) is 10.7 Å². The number of aliphatic carboxylic acids is 1. The first-order chi connectivity index (χ1) is 8.29. The lowest BCUT2D eigenvalue weighted by atomic mass is 9.87. The summed E-state index contributed by atoms with van der Waals surface area (Å²) >= 11 is 1.46. The molecule has 0 saturated heterocycles. The molecule has 0 amide bonds. The fraction of sp³-hybridized carbons (Fsp3) is 0.500. The Morgan fingerprint density at radius 3 is 2.67 bits per heavy atom. The van der Waals surface area contributed by atoms with Crippen LogP contribution in [0.1, 0.15) is 26.3 Å². The Morgan fingerprint density at radius 1 is 1.44 bits per heavy atom. The smallest absolute Gasteiger partial charge is 0.318 e. The molecule has 0 bridgehead atoms. The van der Waals surface area contributed by atoms with Crippen LogP contribution in [0, 0.1) is 0 Å². The van der Waals surface area contributed by atoms with Crippen LogP contribution in [-0.4, -0.2) is 29.9 Å². The maximum absolute atomic E-state index is 11.1. The summed E-state index contributed by atoms with van der Waals surface area (Å²) in [5, 5.41) is 8.79. The molecule has 0 aromatic heterocycles. The lowest BCUT2D eigenvalue weighted by Gasteiger charge is -2.32. The molecule has 0 radical (unpaired) electrons. The topological polar surface area (TPSA) is 40.5 Å². The van der Waals surface area contributed by atoms with Gasteiger partial charge in [0.25, 0.3) is 0 Å². The zero-order valence-electron chi connectivity index (χ0n) is 11.2. The second-order valence-electron chi connectivity index (χ2n) is 5.76. The van der Waals surface area contributed by atoms with E-state index in [1.807, 2.05) is 11.9 Å². The number of carbonyl (C=O) groups is 1. The van der Waals surface area contributed by atoms with Crippen molar-refractivity contribution in [2.75, 3.05) is 18.5 Å². The lowest BCUT2D eigenvalue weighted by Crippen LogP contribution is -2.36. The summed E-state index contributed by atoms with van der Waals surface area (Å²) in [6.45, 7) is 7.06. The highest BCUT2D eigenvalue weighted by Gasteiger charge is 2.29. The molecule has 2 rings (SSSR count). The summed E-state index contributed by atoms with van der Waals surface area (Å²) in [7, 11) is 1.95. The van der Waals surface area contributed by atoms with Crippen molar-refractivity contribution in [3.05, 3.63) is 23.8 Å². The maximum atomic E-state index is 11.1. The van der Waals surface area contributed by atoms with Gasteiger partial charge >= 0.3 is 5.97 Å². The maximum Gasteiger partial charge on any atom is 0.318 e. The Kier molecular flexibility index (Phi) is 3.32. The fourth-order valence-electron chi connectivity index (χ4n) is 2.06. The van der Waals surface area contributed by atoms with Crippen LogP contribution in [0.5, 0.6) is 0 Å². The molecule has 0 aliphatic carbocycles. The predicted octanol–water partition coefficient (Wildman–Crippen LogP) is 2.98. The molecule has 18 heavy (non-hydrogen) atoms. The van der Waals surface area contributed by atoms with E-state index in [1.165, 1.54) is 17.3 Å². The third kappa shape index (κ3) is 2.48. The number of nitrogens with zero attached hydrogens (tertiary/aromatic N) is 1. The van der Waals surface area contributed by atoms with Crippen LogP contribution in [0.4, 0.5) is 5.69 Å². The van der Waals surface area contributed by atoms with E-state index in [2.05, 4.69) is 39.0 Å². The van der Waals surface area contributed by atoms with Crippen LogP contribution in [0.3, 0.4) is 0 Å². The van der Waals surface area contributed by atoms with E-state index >= 15 is 0 Å². The summed E-state index contributed by atoms with van der Waals surface area (Å²) in [5.41, 5.74) is 2.46. The minimum atomic E-state index is -0.737. The van der Waals surface area contributed by atoms with Gasteiger partial charge in [0.05, 0.1) is 5.69 Å². The Labute approximate surface area is 112 Å². The highest BCUT2D eigenvalue weighted by atomic mass is 32.2. The van der Waals surface area contributed by atoms with Crippen molar-refractivity contribution in [1.29, 1.82) is 0 Å². The van der Waals surface area contributed by atoms with Gasteiger partial charge in [-0.2, -0.15) is 0 Å². The molecule has 3 nitrogen and oxygen atoms in total. The molecule has 0 fully saturated rings. The SMILES string of the molecule is CN1CC(C(=O)O)Sc2cc(C(C)(C)C)ccc21. The highest BCUT2D eigenvalue weighted by Crippen LogP contribution is 2.40. The molecule has 1 N–H and O–H groups in total. The van der Waals surface area contributed by atoms with E-state index in [0.29, 0.717) is 6.54 Å². The highest BCUT2D eigenvalue weighted by molar-refractivity contribution is 8.00. The molecule has 4 heteroatoms. The van der Waals surface area contributed by atoms with Gasteiger partial charge in [0.2, 0.25) is 0 Å². The molecular formula is C14H19NO2S. The average Bonchev–Trinajstić information content (AvgIpc) is 2.26. The van der Waals surface area contributed by atoms with Crippen LogP contribution in [0.15, 0.2) is 23.1 Å². The largest absolute Gasteiger partial charge is 0.480 e. The summed E-state index contributed by atoms with van der Waals surface area (Å²) in [5.74, 6) is -0.737. The number of carboxylic acids is 1. The standard InChI is InChI=1S/C14H19NO2S/c1-14(2,3)9-5-6-10-11(7-9)18-12(13(16)17)8-15(10)4/h5-7,12H,8H2,1-4H3,(H,16,17). The minimum Gasteiger partial charge on any atom is -0.480 e. The van der Waals surface area contributed by atoms with Crippen molar-refractivity contribution in [2.24, 2.45) is 0 Å². The van der Waals surface area contributed by atoms with Gasteiger partial charge in [-0.1, -0.05) is 26.8 Å². The molecule has 1 unspecified atom stereocenters. The quantitative estimate of drug-likeness (QED) is 0.847. The molecule has 1 heterocycles. The van der Waals surface area contributed by atoms with Crippen molar-refractivity contribution < 1.29 is 9.90 Å². The molecule has 1 aliphatic rings. The second kappa shape index (κ2) is 4.50. The Morgan fingerprint density at radius 2 is 2.11 bits per heavy atom. The molecule has 0 spiro atoms. The normalized spacial score (nSPS) is 19.6. The number of rotatable bonds is 1. The third-order valence-corrected chi connectivity index (χ3v) is 4.44. The summed E-state index contributed by atoms with van der Waals surface area (Å²) in [4.78, 5) is 14.2. The average molecular weight is 265 g/mol. The summed E-state index contributed by atoms with van der Waals surface area (Å²) in [6.07, 6.45) is 0. The Bertz CT molecular complexity index is 479. The lowest BCUT2D eigenvalue weighted by molar-refractivity contribution is -0.136. The third-order valence-electron chi connectivity index (χ3n) is 3.22. The van der Waals surface area contributed by atoms with Gasteiger partial charge in [0, 0.05) is 18.5 Å².